The summed E-state index contributed by atoms with van der Waals surface area (Å²) < 4.78 is 13.0. The molecule has 3 aromatic carbocycles. The van der Waals surface area contributed by atoms with Gasteiger partial charge in [-0.3, -0.25) is 9.36 Å². The van der Waals surface area contributed by atoms with E-state index < -0.39 is 0 Å². The van der Waals surface area contributed by atoms with Gasteiger partial charge in [-0.1, -0.05) is 65.8 Å². The lowest BCUT2D eigenvalue weighted by molar-refractivity contribution is -0.115. The molecule has 1 N–H and O–H groups in total. The zero-order valence-electron chi connectivity index (χ0n) is 18.1. The van der Waals surface area contributed by atoms with E-state index in [9.17, 15) is 4.79 Å². The van der Waals surface area contributed by atoms with Gasteiger partial charge in [0.1, 0.15) is 0 Å². The van der Waals surface area contributed by atoms with Crippen LogP contribution >= 0.6 is 23.4 Å². The molecule has 0 saturated carbocycles. The Bertz CT molecular complexity index is 1310. The predicted octanol–water partition coefficient (Wildman–Crippen LogP) is 5.50. The minimum Gasteiger partial charge on any atom is -0.454 e. The van der Waals surface area contributed by atoms with Crippen molar-refractivity contribution >= 4 is 35.0 Å². The Morgan fingerprint density at radius 3 is 2.71 bits per heavy atom. The number of carbonyl (C=O) groups is 1. The lowest BCUT2D eigenvalue weighted by atomic mass is 10.2. The van der Waals surface area contributed by atoms with Crippen molar-refractivity contribution in [3.05, 3.63) is 83.4 Å². The number of fused-ring (bicyclic) bond motifs is 1. The van der Waals surface area contributed by atoms with Gasteiger partial charge in [0.15, 0.2) is 22.5 Å². The van der Waals surface area contributed by atoms with Gasteiger partial charge in [-0.15, -0.1) is 10.2 Å². The summed E-state index contributed by atoms with van der Waals surface area (Å²) in [5, 5.41) is 13.1. The van der Waals surface area contributed by atoms with Gasteiger partial charge in [0.2, 0.25) is 12.7 Å². The molecule has 0 saturated heterocycles. The van der Waals surface area contributed by atoms with E-state index in [4.69, 9.17) is 21.1 Å². The van der Waals surface area contributed by atoms with Crippen LogP contribution in [0.4, 0.5) is 5.69 Å². The van der Waals surface area contributed by atoms with Gasteiger partial charge in [-0.25, -0.2) is 0 Å². The molecule has 9 heteroatoms. The molecule has 172 valence electrons. The first-order valence-electron chi connectivity index (χ1n) is 10.7. The van der Waals surface area contributed by atoms with Gasteiger partial charge in [0.05, 0.1) is 6.54 Å². The molecule has 34 heavy (non-hydrogen) atoms. The van der Waals surface area contributed by atoms with Crippen LogP contribution in [0.5, 0.6) is 11.5 Å². The molecule has 0 aliphatic carbocycles. The Hall–Kier alpha value is -3.49. The number of halogens is 1. The van der Waals surface area contributed by atoms with Crippen LogP contribution in [-0.4, -0.2) is 33.2 Å². The highest BCUT2D eigenvalue weighted by Crippen LogP contribution is 2.34. The topological polar surface area (TPSA) is 78.3 Å². The predicted molar refractivity (Wildman–Crippen MR) is 133 cm³/mol. The zero-order chi connectivity index (χ0) is 23.3. The number of hydrogen-bond acceptors (Lipinski definition) is 6. The second-order valence-corrected chi connectivity index (χ2v) is 9.10. The molecule has 4 aromatic rings. The molecule has 0 bridgehead atoms. The molecule has 5 rings (SSSR count). The number of anilines is 1. The summed E-state index contributed by atoms with van der Waals surface area (Å²) in [5.74, 6) is 2.72. The standard InChI is InChI=1S/C25H21ClN4O3S/c26-19-7-4-8-20(14-19)27-23(31)11-12-34-25-29-28-24(18-5-2-1-3-6-18)30(25)15-17-9-10-21-22(13-17)33-16-32-21/h1-10,13-14H,11-12,15-16H2,(H,27,31). The van der Waals surface area contributed by atoms with Crippen molar-refractivity contribution in [2.75, 3.05) is 17.9 Å². The first-order valence-corrected chi connectivity index (χ1v) is 12.1. The average molecular weight is 493 g/mol. The highest BCUT2D eigenvalue weighted by Gasteiger charge is 2.18. The van der Waals surface area contributed by atoms with E-state index >= 15 is 0 Å². The number of carbonyl (C=O) groups excluding carboxylic acids is 1. The third-order valence-corrected chi connectivity index (χ3v) is 6.40. The lowest BCUT2D eigenvalue weighted by Gasteiger charge is -2.11. The molecule has 0 unspecified atom stereocenters. The molecule has 0 radical (unpaired) electrons. The number of aromatic nitrogens is 3. The van der Waals surface area contributed by atoms with E-state index in [1.54, 1.807) is 18.2 Å². The fraction of sp³-hybridized carbons (Fsp3) is 0.160. The first-order chi connectivity index (χ1) is 16.7. The fourth-order valence-electron chi connectivity index (χ4n) is 3.59. The van der Waals surface area contributed by atoms with Crippen molar-refractivity contribution in [1.29, 1.82) is 0 Å². The summed E-state index contributed by atoms with van der Waals surface area (Å²) in [4.78, 5) is 12.4. The molecule has 7 nitrogen and oxygen atoms in total. The van der Waals surface area contributed by atoms with E-state index in [1.807, 2.05) is 54.6 Å². The molecule has 0 fully saturated rings. The van der Waals surface area contributed by atoms with E-state index in [1.165, 1.54) is 11.8 Å². The monoisotopic (exact) mass is 492 g/mol. The van der Waals surface area contributed by atoms with Gasteiger partial charge >= 0.3 is 0 Å². The number of nitrogens with zero attached hydrogens (tertiary/aromatic N) is 3. The number of benzene rings is 3. The van der Waals surface area contributed by atoms with E-state index in [-0.39, 0.29) is 12.7 Å². The van der Waals surface area contributed by atoms with Crippen molar-refractivity contribution in [1.82, 2.24) is 14.8 Å². The van der Waals surface area contributed by atoms with Gasteiger partial charge < -0.3 is 14.8 Å². The van der Waals surface area contributed by atoms with Crippen LogP contribution in [0, 0.1) is 0 Å². The zero-order valence-corrected chi connectivity index (χ0v) is 19.7. The number of nitrogens with one attached hydrogen (secondary N) is 1. The molecular weight excluding hydrogens is 472 g/mol. The maximum absolute atomic E-state index is 12.4. The van der Waals surface area contributed by atoms with Crippen molar-refractivity contribution in [3.8, 4) is 22.9 Å². The van der Waals surface area contributed by atoms with Crippen molar-refractivity contribution in [3.63, 3.8) is 0 Å². The van der Waals surface area contributed by atoms with Crippen molar-refractivity contribution in [2.45, 2.75) is 18.1 Å². The fourth-order valence-corrected chi connectivity index (χ4v) is 4.65. The minimum atomic E-state index is -0.0834. The highest BCUT2D eigenvalue weighted by atomic mass is 35.5. The minimum absolute atomic E-state index is 0.0834. The molecule has 0 atom stereocenters. The summed E-state index contributed by atoms with van der Waals surface area (Å²) in [6.07, 6.45) is 0.328. The maximum atomic E-state index is 12.4. The Morgan fingerprint density at radius 1 is 1.00 bits per heavy atom. The summed E-state index contributed by atoms with van der Waals surface area (Å²) in [6, 6.07) is 22.9. The molecule has 2 heterocycles. The quantitative estimate of drug-likeness (QED) is 0.327. The van der Waals surface area contributed by atoms with E-state index in [0.717, 1.165) is 33.6 Å². The third kappa shape index (κ3) is 5.18. The average Bonchev–Trinajstić information content (AvgIpc) is 3.46. The summed E-state index contributed by atoms with van der Waals surface area (Å²) in [6.45, 7) is 0.796. The van der Waals surface area contributed by atoms with Crippen LogP contribution in [0.3, 0.4) is 0 Å². The Kier molecular flexibility index (Phi) is 6.69. The molecule has 1 aliphatic heterocycles. The Morgan fingerprint density at radius 2 is 1.85 bits per heavy atom. The smallest absolute Gasteiger partial charge is 0.231 e. The summed E-state index contributed by atoms with van der Waals surface area (Å²) in [7, 11) is 0. The lowest BCUT2D eigenvalue weighted by Crippen LogP contribution is -2.12. The molecule has 1 aliphatic rings. The molecular formula is C25H21ClN4O3S. The van der Waals surface area contributed by atoms with Crippen LogP contribution in [0.1, 0.15) is 12.0 Å². The Labute approximate surface area is 206 Å². The van der Waals surface area contributed by atoms with Gasteiger partial charge in [0.25, 0.3) is 0 Å². The maximum Gasteiger partial charge on any atom is 0.231 e. The van der Waals surface area contributed by atoms with Gasteiger partial charge in [-0.2, -0.15) is 0 Å². The van der Waals surface area contributed by atoms with Gasteiger partial charge in [0, 0.05) is 28.4 Å². The van der Waals surface area contributed by atoms with Crippen LogP contribution < -0.4 is 14.8 Å². The molecule has 1 amide bonds. The van der Waals surface area contributed by atoms with Crippen molar-refractivity contribution in [2.24, 2.45) is 0 Å². The van der Waals surface area contributed by atoms with Crippen LogP contribution in [0.25, 0.3) is 11.4 Å². The first kappa shape index (κ1) is 22.3. The van der Waals surface area contributed by atoms with Crippen LogP contribution in [0.2, 0.25) is 5.02 Å². The second-order valence-electron chi connectivity index (χ2n) is 7.60. The summed E-state index contributed by atoms with van der Waals surface area (Å²) >= 11 is 7.49. The third-order valence-electron chi connectivity index (χ3n) is 5.20. The summed E-state index contributed by atoms with van der Waals surface area (Å²) in [5.41, 5.74) is 2.70. The number of amides is 1. The normalized spacial score (nSPS) is 12.0. The number of rotatable bonds is 8. The van der Waals surface area contributed by atoms with Crippen LogP contribution in [-0.2, 0) is 11.3 Å². The van der Waals surface area contributed by atoms with E-state index in [2.05, 4.69) is 20.1 Å². The SMILES string of the molecule is O=C(CCSc1nnc(-c2ccccc2)n1Cc1ccc2c(c1)OCO2)Nc1cccc(Cl)c1. The largest absolute Gasteiger partial charge is 0.454 e. The number of thioether (sulfide) groups is 1. The van der Waals surface area contributed by atoms with E-state index in [0.29, 0.717) is 29.4 Å². The van der Waals surface area contributed by atoms with Gasteiger partial charge in [-0.05, 0) is 35.9 Å². The second kappa shape index (κ2) is 10.2. The van der Waals surface area contributed by atoms with Crippen LogP contribution in [0.15, 0.2) is 78.0 Å². The Balaban J connectivity index is 1.31. The molecule has 1 aromatic heterocycles. The van der Waals surface area contributed by atoms with Crippen molar-refractivity contribution < 1.29 is 14.3 Å². The number of hydrogen-bond donors (Lipinski definition) is 1. The number of ether oxygens (including phenoxy) is 2. The molecule has 0 spiro atoms. The highest BCUT2D eigenvalue weighted by molar-refractivity contribution is 7.99.